The molecule has 0 spiro atoms. The van der Waals surface area contributed by atoms with E-state index in [9.17, 15) is 0 Å². The number of hydrogen-bond acceptors (Lipinski definition) is 3. The van der Waals surface area contributed by atoms with Gasteiger partial charge in [0.15, 0.2) is 5.90 Å². The zero-order chi connectivity index (χ0) is 9.68. The Kier molecular flexibility index (Phi) is 3.89. The molecule has 0 saturated heterocycles. The van der Waals surface area contributed by atoms with E-state index in [1.165, 1.54) is 0 Å². The van der Waals surface area contributed by atoms with Gasteiger partial charge in [0.2, 0.25) is 0 Å². The van der Waals surface area contributed by atoms with Gasteiger partial charge in [-0.3, -0.25) is 5.41 Å². The molecule has 0 unspecified atom stereocenters. The van der Waals surface area contributed by atoms with E-state index in [-0.39, 0.29) is 5.90 Å². The van der Waals surface area contributed by atoms with Gasteiger partial charge in [-0.1, -0.05) is 6.07 Å². The molecule has 1 rings (SSSR count). The highest BCUT2D eigenvalue weighted by Crippen LogP contribution is 2.07. The van der Waals surface area contributed by atoms with Gasteiger partial charge < -0.3 is 4.74 Å². The molecule has 0 aliphatic rings. The quantitative estimate of drug-likeness (QED) is 0.503. The molecule has 1 N–H and O–H groups in total. The highest BCUT2D eigenvalue weighted by molar-refractivity contribution is 9.10. The van der Waals surface area contributed by atoms with Crippen LogP contribution < -0.4 is 0 Å². The summed E-state index contributed by atoms with van der Waals surface area (Å²) < 4.78 is 5.82. The van der Waals surface area contributed by atoms with Crippen LogP contribution in [0.5, 0.6) is 0 Å². The summed E-state index contributed by atoms with van der Waals surface area (Å²) in [5.41, 5.74) is 0.988. The van der Waals surface area contributed by atoms with E-state index in [0.29, 0.717) is 13.0 Å². The van der Waals surface area contributed by atoms with E-state index in [4.69, 9.17) is 10.1 Å². The molecule has 13 heavy (non-hydrogen) atoms. The third-order valence-electron chi connectivity index (χ3n) is 1.47. The maximum atomic E-state index is 7.42. The first kappa shape index (κ1) is 10.2. The van der Waals surface area contributed by atoms with Crippen molar-refractivity contribution in [2.24, 2.45) is 0 Å². The lowest BCUT2D eigenvalue weighted by molar-refractivity contribution is 0.317. The van der Waals surface area contributed by atoms with Crippen LogP contribution in [0.15, 0.2) is 22.9 Å². The first-order valence-corrected chi connectivity index (χ1v) is 4.82. The fourth-order valence-corrected chi connectivity index (χ4v) is 1.16. The Balaban J connectivity index is 2.54. The number of hydrogen-bond donors (Lipinski definition) is 1. The summed E-state index contributed by atoms with van der Waals surface area (Å²) in [6.07, 6.45) is 2.24. The number of aromatic nitrogens is 1. The number of ether oxygens (including phenoxy) is 1. The third kappa shape index (κ3) is 3.55. The highest BCUT2D eigenvalue weighted by Gasteiger charge is 1.99. The van der Waals surface area contributed by atoms with Crippen LogP contribution in [0, 0.1) is 5.41 Å². The average Bonchev–Trinajstić information content (AvgIpc) is 2.09. The fourth-order valence-electron chi connectivity index (χ4n) is 0.922. The first-order valence-electron chi connectivity index (χ1n) is 4.03. The first-order chi connectivity index (χ1) is 6.22. The van der Waals surface area contributed by atoms with Crippen LogP contribution in [-0.4, -0.2) is 17.5 Å². The lowest BCUT2D eigenvalue weighted by atomic mass is 10.2. The Bertz CT molecular complexity index is 284. The van der Waals surface area contributed by atoms with Crippen LogP contribution in [0.3, 0.4) is 0 Å². The van der Waals surface area contributed by atoms with Crippen molar-refractivity contribution in [2.45, 2.75) is 13.3 Å². The molecule has 3 nitrogen and oxygen atoms in total. The monoisotopic (exact) mass is 242 g/mol. The number of halogens is 1. The third-order valence-corrected chi connectivity index (χ3v) is 1.94. The van der Waals surface area contributed by atoms with E-state index in [1.54, 1.807) is 6.20 Å². The summed E-state index contributed by atoms with van der Waals surface area (Å²) in [7, 11) is 0. The van der Waals surface area contributed by atoms with E-state index < -0.39 is 0 Å². The maximum absolute atomic E-state index is 7.42. The van der Waals surface area contributed by atoms with Crippen LogP contribution in [0.4, 0.5) is 0 Å². The van der Waals surface area contributed by atoms with Gasteiger partial charge >= 0.3 is 0 Å². The molecule has 0 atom stereocenters. The van der Waals surface area contributed by atoms with Crippen molar-refractivity contribution in [3.63, 3.8) is 0 Å². The Morgan fingerprint density at radius 1 is 1.62 bits per heavy atom. The predicted molar refractivity (Wildman–Crippen MR) is 55.0 cm³/mol. The minimum absolute atomic E-state index is 0.284. The van der Waals surface area contributed by atoms with Gasteiger partial charge in [-0.05, 0) is 34.5 Å². The van der Waals surface area contributed by atoms with Gasteiger partial charge in [0.25, 0.3) is 0 Å². The molecule has 0 amide bonds. The Morgan fingerprint density at radius 2 is 2.38 bits per heavy atom. The number of rotatable bonds is 3. The standard InChI is InChI=1S/C9H11BrN2O/c1-2-13-9(11)5-7-3-4-8(10)12-6-7/h3-4,6,11H,2,5H2,1H3. The van der Waals surface area contributed by atoms with Crippen molar-refractivity contribution in [1.82, 2.24) is 4.98 Å². The molecule has 0 bridgehead atoms. The van der Waals surface area contributed by atoms with E-state index in [2.05, 4.69) is 20.9 Å². The molecule has 0 aliphatic heterocycles. The van der Waals surface area contributed by atoms with E-state index >= 15 is 0 Å². The van der Waals surface area contributed by atoms with Crippen LogP contribution in [0.25, 0.3) is 0 Å². The molecular formula is C9H11BrN2O. The van der Waals surface area contributed by atoms with Crippen LogP contribution >= 0.6 is 15.9 Å². The summed E-state index contributed by atoms with van der Waals surface area (Å²) in [5.74, 6) is 0.284. The molecule has 70 valence electrons. The number of nitrogens with zero attached hydrogens (tertiary/aromatic N) is 1. The highest BCUT2D eigenvalue weighted by atomic mass is 79.9. The number of pyridine rings is 1. The van der Waals surface area contributed by atoms with E-state index in [0.717, 1.165) is 10.2 Å². The molecule has 0 fully saturated rings. The molecular weight excluding hydrogens is 232 g/mol. The largest absolute Gasteiger partial charge is 0.481 e. The topological polar surface area (TPSA) is 46.0 Å². The molecule has 1 aromatic heterocycles. The summed E-state index contributed by atoms with van der Waals surface area (Å²) in [4.78, 5) is 4.06. The van der Waals surface area contributed by atoms with Gasteiger partial charge in [0, 0.05) is 12.6 Å². The van der Waals surface area contributed by atoms with Crippen molar-refractivity contribution in [2.75, 3.05) is 6.61 Å². The lowest BCUT2D eigenvalue weighted by Gasteiger charge is -2.03. The van der Waals surface area contributed by atoms with Gasteiger partial charge in [-0.2, -0.15) is 0 Å². The lowest BCUT2D eigenvalue weighted by Crippen LogP contribution is -2.06. The zero-order valence-electron chi connectivity index (χ0n) is 7.38. The van der Waals surface area contributed by atoms with Crippen LogP contribution in [0.1, 0.15) is 12.5 Å². The van der Waals surface area contributed by atoms with Crippen molar-refractivity contribution in [1.29, 1.82) is 5.41 Å². The summed E-state index contributed by atoms with van der Waals surface area (Å²) in [6.45, 7) is 2.41. The second-order valence-corrected chi connectivity index (χ2v) is 3.33. The smallest absolute Gasteiger partial charge is 0.184 e. The SMILES string of the molecule is CCOC(=N)Cc1ccc(Br)nc1. The zero-order valence-corrected chi connectivity index (χ0v) is 8.97. The second kappa shape index (κ2) is 4.97. The second-order valence-electron chi connectivity index (χ2n) is 2.52. The van der Waals surface area contributed by atoms with Gasteiger partial charge in [0.05, 0.1) is 6.61 Å². The fraction of sp³-hybridized carbons (Fsp3) is 0.333. The predicted octanol–water partition coefficient (Wildman–Crippen LogP) is 2.40. The molecule has 0 aliphatic carbocycles. The van der Waals surface area contributed by atoms with Crippen LogP contribution in [-0.2, 0) is 11.2 Å². The minimum Gasteiger partial charge on any atom is -0.481 e. The minimum atomic E-state index is 0.284. The molecule has 4 heteroatoms. The average molecular weight is 243 g/mol. The maximum Gasteiger partial charge on any atom is 0.184 e. The van der Waals surface area contributed by atoms with Crippen molar-refractivity contribution < 1.29 is 4.74 Å². The van der Waals surface area contributed by atoms with Crippen LogP contribution in [0.2, 0.25) is 0 Å². The Labute approximate surface area is 85.8 Å². The molecule has 1 heterocycles. The number of nitrogens with one attached hydrogen (secondary N) is 1. The normalized spacial score (nSPS) is 9.69. The van der Waals surface area contributed by atoms with Crippen molar-refractivity contribution >= 4 is 21.8 Å². The Hall–Kier alpha value is -0.900. The molecule has 0 aromatic carbocycles. The summed E-state index contributed by atoms with van der Waals surface area (Å²) >= 11 is 3.25. The van der Waals surface area contributed by atoms with E-state index in [1.807, 2.05) is 19.1 Å². The molecule has 0 radical (unpaired) electrons. The molecule has 1 aromatic rings. The van der Waals surface area contributed by atoms with Crippen molar-refractivity contribution in [3.8, 4) is 0 Å². The summed E-state index contributed by atoms with van der Waals surface area (Å²) in [6, 6.07) is 3.78. The Morgan fingerprint density at radius 3 is 2.92 bits per heavy atom. The summed E-state index contributed by atoms with van der Waals surface area (Å²) in [5, 5.41) is 7.42. The van der Waals surface area contributed by atoms with Crippen molar-refractivity contribution in [3.05, 3.63) is 28.5 Å². The van der Waals surface area contributed by atoms with Gasteiger partial charge in [-0.25, -0.2) is 4.98 Å². The molecule has 0 saturated carbocycles. The van der Waals surface area contributed by atoms with Gasteiger partial charge in [0.1, 0.15) is 4.60 Å². The van der Waals surface area contributed by atoms with Gasteiger partial charge in [-0.15, -0.1) is 0 Å².